The molecule has 2 atom stereocenters. The van der Waals surface area contributed by atoms with Crippen LogP contribution in [0, 0.1) is 17.3 Å². The molecule has 0 radical (unpaired) electrons. The predicted molar refractivity (Wildman–Crippen MR) is 59.7 cm³/mol. The maximum absolute atomic E-state index is 11.6. The van der Waals surface area contributed by atoms with Gasteiger partial charge < -0.3 is 5.11 Å². The molecule has 2 saturated carbocycles. The van der Waals surface area contributed by atoms with Gasteiger partial charge in [0.25, 0.3) is 0 Å². The Kier molecular flexibility index (Phi) is 3.03. The van der Waals surface area contributed by atoms with Crippen LogP contribution in [0.1, 0.15) is 58.3 Å². The van der Waals surface area contributed by atoms with E-state index in [2.05, 4.69) is 6.92 Å². The lowest BCUT2D eigenvalue weighted by molar-refractivity contribution is -0.153. The highest BCUT2D eigenvalue weighted by Crippen LogP contribution is 2.51. The molecule has 86 valence electrons. The normalized spacial score (nSPS) is 38.1. The van der Waals surface area contributed by atoms with Gasteiger partial charge in [0.15, 0.2) is 0 Å². The van der Waals surface area contributed by atoms with Crippen LogP contribution in [-0.2, 0) is 4.79 Å². The van der Waals surface area contributed by atoms with E-state index >= 15 is 0 Å². The zero-order chi connectivity index (χ0) is 10.9. The van der Waals surface area contributed by atoms with Crippen LogP contribution in [0.2, 0.25) is 0 Å². The van der Waals surface area contributed by atoms with E-state index in [-0.39, 0.29) is 5.41 Å². The minimum absolute atomic E-state index is 0.347. The van der Waals surface area contributed by atoms with Gasteiger partial charge in [-0.2, -0.15) is 0 Å². The molecule has 0 amide bonds. The second-order valence-corrected chi connectivity index (χ2v) is 5.64. The van der Waals surface area contributed by atoms with Crippen LogP contribution < -0.4 is 0 Å². The molecule has 2 rings (SSSR count). The van der Waals surface area contributed by atoms with Crippen LogP contribution in [0.4, 0.5) is 0 Å². The average Bonchev–Trinajstić information content (AvgIpc) is 2.63. The Morgan fingerprint density at radius 2 is 1.87 bits per heavy atom. The molecule has 0 aromatic rings. The van der Waals surface area contributed by atoms with E-state index in [9.17, 15) is 9.90 Å². The summed E-state index contributed by atoms with van der Waals surface area (Å²) >= 11 is 0. The van der Waals surface area contributed by atoms with E-state index in [1.165, 1.54) is 19.3 Å². The molecular formula is C13H22O2. The third-order valence-corrected chi connectivity index (χ3v) is 4.61. The Bertz CT molecular complexity index is 243. The van der Waals surface area contributed by atoms with Crippen molar-refractivity contribution in [2.45, 2.75) is 58.3 Å². The minimum atomic E-state index is -0.515. The zero-order valence-electron chi connectivity index (χ0n) is 9.67. The molecule has 0 aromatic carbocycles. The summed E-state index contributed by atoms with van der Waals surface area (Å²) < 4.78 is 0. The van der Waals surface area contributed by atoms with Crippen molar-refractivity contribution in [3.05, 3.63) is 0 Å². The number of rotatable bonds is 2. The molecule has 0 saturated heterocycles. The standard InChI is InChI=1S/C13H22O2/c1-10-7-8-13(9-10,12(14)15)11-5-3-2-4-6-11/h10-11H,2-9H2,1H3,(H,14,15). The highest BCUT2D eigenvalue weighted by atomic mass is 16.4. The Morgan fingerprint density at radius 3 is 2.33 bits per heavy atom. The Labute approximate surface area is 92.1 Å². The van der Waals surface area contributed by atoms with E-state index in [4.69, 9.17) is 0 Å². The third-order valence-electron chi connectivity index (χ3n) is 4.61. The van der Waals surface area contributed by atoms with Crippen molar-refractivity contribution in [2.75, 3.05) is 0 Å². The van der Waals surface area contributed by atoms with Gasteiger partial charge in [-0.05, 0) is 43.9 Å². The quantitative estimate of drug-likeness (QED) is 0.758. The van der Waals surface area contributed by atoms with E-state index in [0.717, 1.165) is 32.1 Å². The molecule has 2 fully saturated rings. The molecule has 2 aliphatic carbocycles. The van der Waals surface area contributed by atoms with Crippen molar-refractivity contribution in [1.29, 1.82) is 0 Å². The van der Waals surface area contributed by atoms with Gasteiger partial charge >= 0.3 is 5.97 Å². The van der Waals surface area contributed by atoms with Gasteiger partial charge in [0.05, 0.1) is 5.41 Å². The third kappa shape index (κ3) is 1.91. The fourth-order valence-corrected chi connectivity index (χ4v) is 3.72. The molecule has 2 heteroatoms. The highest BCUT2D eigenvalue weighted by molar-refractivity contribution is 5.75. The Balaban J connectivity index is 2.14. The first kappa shape index (κ1) is 11.0. The van der Waals surface area contributed by atoms with Gasteiger partial charge in [0.2, 0.25) is 0 Å². The van der Waals surface area contributed by atoms with Gasteiger partial charge in [0.1, 0.15) is 0 Å². The summed E-state index contributed by atoms with van der Waals surface area (Å²) in [6.45, 7) is 2.20. The Hall–Kier alpha value is -0.530. The minimum Gasteiger partial charge on any atom is -0.481 e. The summed E-state index contributed by atoms with van der Waals surface area (Å²) in [6.07, 6.45) is 9.06. The molecule has 2 nitrogen and oxygen atoms in total. The molecule has 0 spiro atoms. The summed E-state index contributed by atoms with van der Waals surface area (Å²) in [4.78, 5) is 11.6. The lowest BCUT2D eigenvalue weighted by Crippen LogP contribution is -2.37. The molecule has 0 aromatic heterocycles. The number of hydrogen-bond acceptors (Lipinski definition) is 1. The van der Waals surface area contributed by atoms with E-state index in [0.29, 0.717) is 11.8 Å². The topological polar surface area (TPSA) is 37.3 Å². The summed E-state index contributed by atoms with van der Waals surface area (Å²) in [5.41, 5.74) is -0.347. The molecule has 0 heterocycles. The van der Waals surface area contributed by atoms with Gasteiger partial charge in [-0.1, -0.05) is 26.2 Å². The van der Waals surface area contributed by atoms with Gasteiger partial charge in [-0.3, -0.25) is 4.79 Å². The monoisotopic (exact) mass is 210 g/mol. The first-order valence-corrected chi connectivity index (χ1v) is 6.38. The second-order valence-electron chi connectivity index (χ2n) is 5.64. The molecule has 0 aliphatic heterocycles. The summed E-state index contributed by atoms with van der Waals surface area (Å²) in [6, 6.07) is 0. The van der Waals surface area contributed by atoms with Crippen LogP contribution in [0.3, 0.4) is 0 Å². The van der Waals surface area contributed by atoms with Crippen LogP contribution in [0.25, 0.3) is 0 Å². The van der Waals surface area contributed by atoms with Crippen molar-refractivity contribution in [2.24, 2.45) is 17.3 Å². The van der Waals surface area contributed by atoms with Crippen molar-refractivity contribution >= 4 is 5.97 Å². The largest absolute Gasteiger partial charge is 0.481 e. The number of aliphatic carboxylic acids is 1. The second kappa shape index (κ2) is 4.15. The molecular weight excluding hydrogens is 188 g/mol. The maximum atomic E-state index is 11.6. The van der Waals surface area contributed by atoms with Crippen molar-refractivity contribution in [3.8, 4) is 0 Å². The number of carboxylic acid groups (broad SMARTS) is 1. The van der Waals surface area contributed by atoms with Gasteiger partial charge in [-0.15, -0.1) is 0 Å². The van der Waals surface area contributed by atoms with Gasteiger partial charge in [-0.25, -0.2) is 0 Å². The predicted octanol–water partition coefficient (Wildman–Crippen LogP) is 3.46. The lowest BCUT2D eigenvalue weighted by Gasteiger charge is -2.36. The fraction of sp³-hybridized carbons (Fsp3) is 0.923. The van der Waals surface area contributed by atoms with Crippen molar-refractivity contribution in [1.82, 2.24) is 0 Å². The summed E-state index contributed by atoms with van der Waals surface area (Å²) in [7, 11) is 0. The zero-order valence-corrected chi connectivity index (χ0v) is 9.67. The van der Waals surface area contributed by atoms with Crippen LogP contribution in [0.5, 0.6) is 0 Å². The highest BCUT2D eigenvalue weighted by Gasteiger charge is 2.49. The van der Waals surface area contributed by atoms with E-state index in [1.807, 2.05) is 0 Å². The van der Waals surface area contributed by atoms with Crippen LogP contribution in [0.15, 0.2) is 0 Å². The lowest BCUT2D eigenvalue weighted by atomic mass is 9.67. The molecule has 0 bridgehead atoms. The molecule has 2 aliphatic rings. The Morgan fingerprint density at radius 1 is 1.20 bits per heavy atom. The number of carboxylic acids is 1. The summed E-state index contributed by atoms with van der Waals surface area (Å²) in [5, 5.41) is 9.53. The first-order chi connectivity index (χ1) is 7.15. The first-order valence-electron chi connectivity index (χ1n) is 6.38. The van der Waals surface area contributed by atoms with E-state index in [1.54, 1.807) is 0 Å². The van der Waals surface area contributed by atoms with E-state index < -0.39 is 5.97 Å². The molecule has 2 unspecified atom stereocenters. The van der Waals surface area contributed by atoms with Crippen LogP contribution >= 0.6 is 0 Å². The summed E-state index contributed by atoms with van der Waals surface area (Å²) in [5.74, 6) is 0.565. The fourth-order valence-electron chi connectivity index (χ4n) is 3.72. The molecule has 15 heavy (non-hydrogen) atoms. The maximum Gasteiger partial charge on any atom is 0.309 e. The van der Waals surface area contributed by atoms with Gasteiger partial charge in [0, 0.05) is 0 Å². The van der Waals surface area contributed by atoms with Crippen LogP contribution in [-0.4, -0.2) is 11.1 Å². The van der Waals surface area contributed by atoms with Crippen molar-refractivity contribution in [3.63, 3.8) is 0 Å². The molecule has 1 N–H and O–H groups in total. The smallest absolute Gasteiger partial charge is 0.309 e. The number of carbonyl (C=O) groups is 1. The average molecular weight is 210 g/mol. The van der Waals surface area contributed by atoms with Crippen molar-refractivity contribution < 1.29 is 9.90 Å². The SMILES string of the molecule is CC1CCC(C(=O)O)(C2CCCCC2)C1. The number of hydrogen-bond donors (Lipinski definition) is 1.